The van der Waals surface area contributed by atoms with Crippen LogP contribution in [0, 0.1) is 10.1 Å². The highest BCUT2D eigenvalue weighted by molar-refractivity contribution is 6.01. The normalized spacial score (nSPS) is 10.0. The van der Waals surface area contributed by atoms with Crippen molar-refractivity contribution >= 4 is 28.5 Å². The molecule has 0 aliphatic rings. The molecule has 0 radical (unpaired) electrons. The number of fused-ring (bicyclic) bond motifs is 1. The highest BCUT2D eigenvalue weighted by Gasteiger charge is 2.23. The number of aromatic nitrogens is 1. The molecule has 0 spiro atoms. The van der Waals surface area contributed by atoms with Gasteiger partial charge in [0.1, 0.15) is 17.0 Å². The van der Waals surface area contributed by atoms with Crippen molar-refractivity contribution in [2.45, 2.75) is 6.92 Å². The number of rotatable bonds is 4. The summed E-state index contributed by atoms with van der Waals surface area (Å²) in [6.07, 6.45) is 0. The number of ether oxygens (including phenoxy) is 1. The number of carboxylic acid groups (broad SMARTS) is 1. The molecule has 0 aliphatic heterocycles. The Morgan fingerprint density at radius 1 is 1.19 bits per heavy atom. The van der Waals surface area contributed by atoms with Gasteiger partial charge in [-0.25, -0.2) is 0 Å². The van der Waals surface area contributed by atoms with E-state index < -0.39 is 16.8 Å². The van der Waals surface area contributed by atoms with Crippen LogP contribution in [0.3, 0.4) is 0 Å². The fourth-order valence-electron chi connectivity index (χ4n) is 2.63. The van der Waals surface area contributed by atoms with E-state index in [1.807, 2.05) is 0 Å². The average Bonchev–Trinajstić information content (AvgIpc) is 3.00. The van der Waals surface area contributed by atoms with Crippen molar-refractivity contribution in [3.05, 3.63) is 64.3 Å². The van der Waals surface area contributed by atoms with E-state index in [9.17, 15) is 14.9 Å². The zero-order valence-electron chi connectivity index (χ0n) is 14.6. The third-order valence-corrected chi connectivity index (χ3v) is 3.58. The molecule has 0 saturated carbocycles. The number of nitrogens with two attached hydrogens (primary N) is 1. The van der Waals surface area contributed by atoms with Crippen LogP contribution in [-0.2, 0) is 4.79 Å². The second-order valence-electron chi connectivity index (χ2n) is 5.39. The van der Waals surface area contributed by atoms with Gasteiger partial charge in [-0.1, -0.05) is 24.3 Å². The highest BCUT2D eigenvalue weighted by Crippen LogP contribution is 2.34. The Balaban J connectivity index is 0.000000596. The van der Waals surface area contributed by atoms with E-state index in [4.69, 9.17) is 20.4 Å². The molecule has 3 rings (SSSR count). The number of carboxylic acids is 1. The topological polar surface area (TPSA) is 138 Å². The summed E-state index contributed by atoms with van der Waals surface area (Å²) in [4.78, 5) is 31.7. The van der Waals surface area contributed by atoms with E-state index in [1.165, 1.54) is 23.8 Å². The van der Waals surface area contributed by atoms with Crippen LogP contribution in [0.4, 0.5) is 5.69 Å². The summed E-state index contributed by atoms with van der Waals surface area (Å²) in [5.41, 5.74) is 6.31. The third kappa shape index (κ3) is 4.03. The Morgan fingerprint density at radius 2 is 1.81 bits per heavy atom. The summed E-state index contributed by atoms with van der Waals surface area (Å²) >= 11 is 0. The summed E-state index contributed by atoms with van der Waals surface area (Å²) in [7, 11) is 1.49. The minimum atomic E-state index is -0.833. The molecule has 140 valence electrons. The Morgan fingerprint density at radius 3 is 2.37 bits per heavy atom. The number of aliphatic carboxylic acids is 1. The highest BCUT2D eigenvalue weighted by atomic mass is 16.6. The molecule has 1 heterocycles. The summed E-state index contributed by atoms with van der Waals surface area (Å²) in [6, 6.07) is 13.1. The van der Waals surface area contributed by atoms with Crippen molar-refractivity contribution in [1.29, 1.82) is 0 Å². The van der Waals surface area contributed by atoms with Crippen molar-refractivity contribution in [3.8, 4) is 11.4 Å². The molecular weight excluding hydrogens is 354 g/mol. The maximum Gasteiger partial charge on any atom is 0.300 e. The monoisotopic (exact) mass is 371 g/mol. The molecule has 9 nitrogen and oxygen atoms in total. The number of non-ortho nitro benzene ring substituents is 1. The maximum absolute atomic E-state index is 11.8. The van der Waals surface area contributed by atoms with Crippen LogP contribution >= 0.6 is 0 Å². The number of nitrogens with zero attached hydrogens (tertiary/aromatic N) is 2. The lowest BCUT2D eigenvalue weighted by molar-refractivity contribution is -0.383. The van der Waals surface area contributed by atoms with Gasteiger partial charge >= 0.3 is 0 Å². The molecule has 0 aliphatic carbocycles. The van der Waals surface area contributed by atoms with Crippen molar-refractivity contribution in [2.75, 3.05) is 7.11 Å². The SMILES string of the molecule is CC(=O)O.COc1ccccc1-n1c(C(N)=O)cc2cccc([N+](=O)[O-])c21. The smallest absolute Gasteiger partial charge is 0.300 e. The summed E-state index contributed by atoms with van der Waals surface area (Å²) in [5.74, 6) is -1.04. The van der Waals surface area contributed by atoms with Gasteiger partial charge in [0, 0.05) is 18.4 Å². The molecule has 0 atom stereocenters. The molecule has 27 heavy (non-hydrogen) atoms. The van der Waals surface area contributed by atoms with Gasteiger partial charge in [0.05, 0.1) is 17.7 Å². The number of carbonyl (C=O) groups excluding carboxylic acids is 1. The number of para-hydroxylation sites is 3. The van der Waals surface area contributed by atoms with Crippen LogP contribution in [0.15, 0.2) is 48.5 Å². The van der Waals surface area contributed by atoms with Gasteiger partial charge in [-0.05, 0) is 18.2 Å². The molecule has 0 fully saturated rings. The number of primary amides is 1. The Labute approximate surface area is 153 Å². The zero-order valence-corrected chi connectivity index (χ0v) is 14.6. The predicted octanol–water partition coefficient (Wildman–Crippen LogP) is 2.74. The number of hydrogen-bond donors (Lipinski definition) is 2. The van der Waals surface area contributed by atoms with Crippen LogP contribution in [-0.4, -0.2) is 33.6 Å². The van der Waals surface area contributed by atoms with Crippen molar-refractivity contribution in [3.63, 3.8) is 0 Å². The third-order valence-electron chi connectivity index (χ3n) is 3.58. The van der Waals surface area contributed by atoms with Crippen molar-refractivity contribution < 1.29 is 24.4 Å². The largest absolute Gasteiger partial charge is 0.495 e. The second-order valence-corrected chi connectivity index (χ2v) is 5.39. The molecule has 3 aromatic rings. The van der Waals surface area contributed by atoms with Gasteiger partial charge in [-0.15, -0.1) is 0 Å². The van der Waals surface area contributed by atoms with Gasteiger partial charge in [0.15, 0.2) is 0 Å². The minimum Gasteiger partial charge on any atom is -0.495 e. The Kier molecular flexibility index (Phi) is 5.76. The lowest BCUT2D eigenvalue weighted by atomic mass is 10.2. The Hall–Kier alpha value is -3.88. The number of carbonyl (C=O) groups is 2. The van der Waals surface area contributed by atoms with Crippen molar-refractivity contribution in [1.82, 2.24) is 4.57 Å². The molecule has 0 saturated heterocycles. The van der Waals surface area contributed by atoms with E-state index in [1.54, 1.807) is 36.4 Å². The van der Waals surface area contributed by atoms with Crippen LogP contribution in [0.2, 0.25) is 0 Å². The van der Waals surface area contributed by atoms with E-state index in [0.29, 0.717) is 22.3 Å². The molecule has 1 amide bonds. The van der Waals surface area contributed by atoms with Crippen molar-refractivity contribution in [2.24, 2.45) is 5.73 Å². The number of benzene rings is 2. The van der Waals surface area contributed by atoms with Gasteiger partial charge in [-0.2, -0.15) is 0 Å². The predicted molar refractivity (Wildman–Crippen MR) is 98.3 cm³/mol. The summed E-state index contributed by atoms with van der Waals surface area (Å²) < 4.78 is 6.78. The lowest BCUT2D eigenvalue weighted by Gasteiger charge is -2.13. The molecule has 3 N–H and O–H groups in total. The standard InChI is InChI=1S/C16H13N3O4.C2H4O2/c1-23-14-8-3-2-6-11(14)18-13(16(17)20)9-10-5-4-7-12(15(10)18)19(21)22;1-2(3)4/h2-9H,1H3,(H2,17,20);1H3,(H,3,4). The van der Waals surface area contributed by atoms with Crippen LogP contribution in [0.25, 0.3) is 16.6 Å². The molecule has 2 aromatic carbocycles. The Bertz CT molecular complexity index is 1020. The number of hydrogen-bond acceptors (Lipinski definition) is 5. The van der Waals surface area contributed by atoms with Gasteiger partial charge < -0.3 is 15.6 Å². The van der Waals surface area contributed by atoms with E-state index in [-0.39, 0.29) is 11.4 Å². The number of nitro groups is 1. The minimum absolute atomic E-state index is 0.110. The quantitative estimate of drug-likeness (QED) is 0.534. The van der Waals surface area contributed by atoms with Gasteiger partial charge in [0.2, 0.25) is 0 Å². The van der Waals surface area contributed by atoms with E-state index in [2.05, 4.69) is 0 Å². The molecule has 9 heteroatoms. The number of nitro benzene ring substituents is 1. The number of methoxy groups -OCH3 is 1. The first kappa shape index (κ1) is 19.4. The zero-order chi connectivity index (χ0) is 20.1. The lowest BCUT2D eigenvalue weighted by Crippen LogP contribution is -2.16. The fourth-order valence-corrected chi connectivity index (χ4v) is 2.63. The molecule has 0 unspecified atom stereocenters. The molecule has 1 aromatic heterocycles. The number of amides is 1. The van der Waals surface area contributed by atoms with Crippen LogP contribution < -0.4 is 10.5 Å². The summed E-state index contributed by atoms with van der Waals surface area (Å²) in [5, 5.41) is 19.3. The first-order chi connectivity index (χ1) is 12.8. The van der Waals surface area contributed by atoms with Gasteiger partial charge in [0.25, 0.3) is 17.6 Å². The van der Waals surface area contributed by atoms with E-state index >= 15 is 0 Å². The molecular formula is C18H17N3O6. The van der Waals surface area contributed by atoms with Crippen LogP contribution in [0.5, 0.6) is 5.75 Å². The summed E-state index contributed by atoms with van der Waals surface area (Å²) in [6.45, 7) is 1.08. The first-order valence-corrected chi connectivity index (χ1v) is 7.69. The van der Waals surface area contributed by atoms with Gasteiger partial charge in [-0.3, -0.25) is 24.3 Å². The second kappa shape index (κ2) is 8.00. The average molecular weight is 371 g/mol. The fraction of sp³-hybridized carbons (Fsp3) is 0.111. The first-order valence-electron chi connectivity index (χ1n) is 7.69. The molecule has 0 bridgehead atoms. The van der Waals surface area contributed by atoms with Crippen LogP contribution in [0.1, 0.15) is 17.4 Å². The van der Waals surface area contributed by atoms with E-state index in [0.717, 1.165) is 6.92 Å². The maximum atomic E-state index is 11.8.